The first-order valence-corrected chi connectivity index (χ1v) is 4.54. The minimum absolute atomic E-state index is 0.211. The van der Waals surface area contributed by atoms with Gasteiger partial charge in [0.05, 0.1) is 5.69 Å². The second kappa shape index (κ2) is 3.27. The number of benzene rings is 1. The van der Waals surface area contributed by atoms with Crippen molar-refractivity contribution in [1.82, 2.24) is 0 Å². The second-order valence-corrected chi connectivity index (χ2v) is 3.40. The van der Waals surface area contributed by atoms with E-state index >= 15 is 0 Å². The van der Waals surface area contributed by atoms with E-state index in [0.29, 0.717) is 17.8 Å². The second-order valence-electron chi connectivity index (χ2n) is 3.40. The molecule has 0 fully saturated rings. The van der Waals surface area contributed by atoms with Gasteiger partial charge in [-0.3, -0.25) is 4.79 Å². The molecule has 78 valence electrons. The standard InChI is InChI=1S/C10H10N2O3/c11-7-2-3-8-6(5-7)1-4-9(13)12(8)10(14)15/h2-3,5H,1,4,11H2,(H,14,15). The Hall–Kier alpha value is -2.04. The average molecular weight is 206 g/mol. The molecule has 1 heterocycles. The Morgan fingerprint density at radius 1 is 1.40 bits per heavy atom. The summed E-state index contributed by atoms with van der Waals surface area (Å²) in [5.41, 5.74) is 7.39. The maximum atomic E-state index is 11.4. The summed E-state index contributed by atoms with van der Waals surface area (Å²) >= 11 is 0. The number of nitrogens with two attached hydrogens (primary N) is 1. The summed E-state index contributed by atoms with van der Waals surface area (Å²) in [5.74, 6) is -0.389. The molecular weight excluding hydrogens is 196 g/mol. The Kier molecular flexibility index (Phi) is 2.07. The van der Waals surface area contributed by atoms with Crippen LogP contribution in [0.4, 0.5) is 16.2 Å². The monoisotopic (exact) mass is 206 g/mol. The van der Waals surface area contributed by atoms with E-state index < -0.39 is 6.09 Å². The minimum atomic E-state index is -1.24. The van der Waals surface area contributed by atoms with Gasteiger partial charge in [-0.1, -0.05) is 0 Å². The lowest BCUT2D eigenvalue weighted by Crippen LogP contribution is -2.39. The smallest absolute Gasteiger partial charge is 0.418 e. The lowest BCUT2D eigenvalue weighted by atomic mass is 10.0. The summed E-state index contributed by atoms with van der Waals surface area (Å²) in [6.07, 6.45) is -0.489. The molecule has 0 unspecified atom stereocenters. The maximum Gasteiger partial charge on any atom is 0.418 e. The number of hydrogen-bond donors (Lipinski definition) is 2. The van der Waals surface area contributed by atoms with E-state index in [1.807, 2.05) is 0 Å². The number of imide groups is 1. The lowest BCUT2D eigenvalue weighted by molar-refractivity contribution is -0.118. The first-order chi connectivity index (χ1) is 7.09. The first-order valence-electron chi connectivity index (χ1n) is 4.54. The van der Waals surface area contributed by atoms with E-state index in [2.05, 4.69) is 0 Å². The van der Waals surface area contributed by atoms with Crippen molar-refractivity contribution in [3.8, 4) is 0 Å². The third-order valence-electron chi connectivity index (χ3n) is 2.39. The highest BCUT2D eigenvalue weighted by Gasteiger charge is 2.28. The fourth-order valence-corrected chi connectivity index (χ4v) is 1.72. The molecule has 1 aliphatic rings. The fourth-order valence-electron chi connectivity index (χ4n) is 1.72. The van der Waals surface area contributed by atoms with Crippen LogP contribution in [-0.4, -0.2) is 17.1 Å². The van der Waals surface area contributed by atoms with Crippen LogP contribution >= 0.6 is 0 Å². The molecule has 3 N–H and O–H groups in total. The van der Waals surface area contributed by atoms with Crippen LogP contribution in [0.15, 0.2) is 18.2 Å². The quantitative estimate of drug-likeness (QED) is 0.625. The topological polar surface area (TPSA) is 83.6 Å². The number of nitrogens with zero attached hydrogens (tertiary/aromatic N) is 1. The summed E-state index contributed by atoms with van der Waals surface area (Å²) in [5, 5.41) is 8.90. The molecule has 0 atom stereocenters. The van der Waals surface area contributed by atoms with Crippen molar-refractivity contribution in [2.45, 2.75) is 12.8 Å². The van der Waals surface area contributed by atoms with Crippen LogP contribution in [0, 0.1) is 0 Å². The van der Waals surface area contributed by atoms with Crippen LogP contribution in [0.3, 0.4) is 0 Å². The molecule has 2 rings (SSSR count). The number of fused-ring (bicyclic) bond motifs is 1. The van der Waals surface area contributed by atoms with Gasteiger partial charge in [-0.05, 0) is 30.2 Å². The largest absolute Gasteiger partial charge is 0.464 e. The fraction of sp³-hybridized carbons (Fsp3) is 0.200. The highest BCUT2D eigenvalue weighted by atomic mass is 16.4. The van der Waals surface area contributed by atoms with Gasteiger partial charge >= 0.3 is 6.09 Å². The summed E-state index contributed by atoms with van der Waals surface area (Å²) in [6.45, 7) is 0. The minimum Gasteiger partial charge on any atom is -0.464 e. The number of aryl methyl sites for hydroxylation is 1. The molecule has 1 aliphatic heterocycles. The van der Waals surface area contributed by atoms with E-state index in [0.717, 1.165) is 10.5 Å². The van der Waals surface area contributed by atoms with Crippen LogP contribution in [0.25, 0.3) is 0 Å². The van der Waals surface area contributed by atoms with Gasteiger partial charge < -0.3 is 10.8 Å². The molecule has 15 heavy (non-hydrogen) atoms. The molecule has 0 radical (unpaired) electrons. The molecule has 0 aliphatic carbocycles. The number of carbonyl (C=O) groups is 2. The van der Waals surface area contributed by atoms with E-state index in [9.17, 15) is 9.59 Å². The number of anilines is 2. The van der Waals surface area contributed by atoms with Crippen molar-refractivity contribution in [3.63, 3.8) is 0 Å². The zero-order valence-corrected chi connectivity index (χ0v) is 7.93. The highest BCUT2D eigenvalue weighted by molar-refractivity contribution is 6.13. The van der Waals surface area contributed by atoms with Gasteiger partial charge in [-0.25, -0.2) is 9.69 Å². The summed E-state index contributed by atoms with van der Waals surface area (Å²) in [7, 11) is 0. The third-order valence-corrected chi connectivity index (χ3v) is 2.39. The Labute approximate surface area is 86.1 Å². The Morgan fingerprint density at radius 3 is 2.80 bits per heavy atom. The van der Waals surface area contributed by atoms with E-state index in [4.69, 9.17) is 10.8 Å². The SMILES string of the molecule is Nc1ccc2c(c1)CCC(=O)N2C(=O)O. The molecule has 0 saturated carbocycles. The molecule has 0 saturated heterocycles. The molecule has 1 aromatic rings. The normalized spacial score (nSPS) is 14.9. The van der Waals surface area contributed by atoms with Gasteiger partial charge in [0.15, 0.2) is 0 Å². The zero-order valence-electron chi connectivity index (χ0n) is 7.93. The van der Waals surface area contributed by atoms with Crippen LogP contribution < -0.4 is 10.6 Å². The zero-order chi connectivity index (χ0) is 11.0. The molecule has 0 spiro atoms. The van der Waals surface area contributed by atoms with Crippen molar-refractivity contribution < 1.29 is 14.7 Å². The number of rotatable bonds is 0. The third kappa shape index (κ3) is 1.52. The summed E-state index contributed by atoms with van der Waals surface area (Å²) in [4.78, 5) is 23.1. The van der Waals surface area contributed by atoms with Crippen LogP contribution in [0.2, 0.25) is 0 Å². The Bertz CT molecular complexity index is 442. The van der Waals surface area contributed by atoms with Crippen molar-refractivity contribution in [1.29, 1.82) is 0 Å². The van der Waals surface area contributed by atoms with Gasteiger partial charge in [0, 0.05) is 12.1 Å². The van der Waals surface area contributed by atoms with Crippen molar-refractivity contribution in [2.24, 2.45) is 0 Å². The van der Waals surface area contributed by atoms with Gasteiger partial charge in [-0.2, -0.15) is 0 Å². The van der Waals surface area contributed by atoms with Gasteiger partial charge in [-0.15, -0.1) is 0 Å². The number of hydrogen-bond acceptors (Lipinski definition) is 3. The van der Waals surface area contributed by atoms with Crippen LogP contribution in [-0.2, 0) is 11.2 Å². The van der Waals surface area contributed by atoms with Crippen molar-refractivity contribution in [3.05, 3.63) is 23.8 Å². The van der Waals surface area contributed by atoms with Crippen molar-refractivity contribution in [2.75, 3.05) is 10.6 Å². The van der Waals surface area contributed by atoms with Gasteiger partial charge in [0.25, 0.3) is 0 Å². The van der Waals surface area contributed by atoms with Gasteiger partial charge in [0.2, 0.25) is 5.91 Å². The molecular formula is C10H10N2O3. The molecule has 2 amide bonds. The first kappa shape index (κ1) is 9.51. The van der Waals surface area contributed by atoms with Crippen LogP contribution in [0.5, 0.6) is 0 Å². The van der Waals surface area contributed by atoms with Crippen molar-refractivity contribution >= 4 is 23.4 Å². The Balaban J connectivity index is 2.53. The molecule has 1 aromatic carbocycles. The predicted octanol–water partition coefficient (Wildman–Crippen LogP) is 1.23. The molecule has 0 bridgehead atoms. The average Bonchev–Trinajstić information content (AvgIpc) is 2.17. The predicted molar refractivity (Wildman–Crippen MR) is 54.7 cm³/mol. The summed E-state index contributed by atoms with van der Waals surface area (Å²) < 4.78 is 0. The number of carboxylic acid groups (broad SMARTS) is 1. The number of carbonyl (C=O) groups excluding carboxylic acids is 1. The molecule has 5 heteroatoms. The lowest BCUT2D eigenvalue weighted by Gasteiger charge is -2.25. The van der Waals surface area contributed by atoms with E-state index in [1.54, 1.807) is 18.2 Å². The molecule has 5 nitrogen and oxygen atoms in total. The maximum absolute atomic E-state index is 11.4. The van der Waals surface area contributed by atoms with Crippen LogP contribution in [0.1, 0.15) is 12.0 Å². The van der Waals surface area contributed by atoms with Gasteiger partial charge in [0.1, 0.15) is 0 Å². The van der Waals surface area contributed by atoms with E-state index in [1.165, 1.54) is 0 Å². The van der Waals surface area contributed by atoms with E-state index in [-0.39, 0.29) is 12.3 Å². The molecule has 0 aromatic heterocycles. The highest BCUT2D eigenvalue weighted by Crippen LogP contribution is 2.29. The summed E-state index contributed by atoms with van der Waals surface area (Å²) in [6, 6.07) is 4.86. The number of nitrogen functional groups attached to an aromatic ring is 1. The number of amides is 2. The Morgan fingerprint density at radius 2 is 2.13 bits per heavy atom.